The van der Waals surface area contributed by atoms with E-state index < -0.39 is 0 Å². The molecule has 0 saturated carbocycles. The number of hydrogen-bond donors (Lipinski definition) is 0. The van der Waals surface area contributed by atoms with E-state index in [1.807, 2.05) is 46.7 Å². The van der Waals surface area contributed by atoms with E-state index in [4.69, 9.17) is 18.9 Å². The summed E-state index contributed by atoms with van der Waals surface area (Å²) in [5.41, 5.74) is 4.14. The number of ether oxygens (including phenoxy) is 4. The molecule has 0 spiro atoms. The van der Waals surface area contributed by atoms with Crippen LogP contribution >= 0.6 is 11.3 Å². The van der Waals surface area contributed by atoms with Crippen molar-refractivity contribution in [3.8, 4) is 17.2 Å². The van der Waals surface area contributed by atoms with Crippen molar-refractivity contribution in [1.82, 2.24) is 9.88 Å². The number of benzene rings is 2. The molecule has 2 heterocycles. The third-order valence-electron chi connectivity index (χ3n) is 5.64. The van der Waals surface area contributed by atoms with Crippen LogP contribution in [0.5, 0.6) is 17.2 Å². The molecule has 2 aromatic carbocycles. The molecule has 35 heavy (non-hydrogen) atoms. The van der Waals surface area contributed by atoms with Gasteiger partial charge in [0.05, 0.1) is 24.4 Å². The molecule has 1 aliphatic heterocycles. The Kier molecular flexibility index (Phi) is 8.75. The highest BCUT2D eigenvalue weighted by Gasteiger charge is 2.24. The third-order valence-corrected chi connectivity index (χ3v) is 6.28. The lowest BCUT2D eigenvalue weighted by atomic mass is 10.1. The first-order valence-electron chi connectivity index (χ1n) is 11.6. The van der Waals surface area contributed by atoms with Crippen molar-refractivity contribution in [1.29, 1.82) is 0 Å². The predicted octanol–water partition coefficient (Wildman–Crippen LogP) is 5.12. The van der Waals surface area contributed by atoms with E-state index in [-0.39, 0.29) is 12.0 Å². The monoisotopic (exact) mass is 494 g/mol. The first kappa shape index (κ1) is 24.8. The van der Waals surface area contributed by atoms with Gasteiger partial charge in [-0.05, 0) is 48.7 Å². The van der Waals surface area contributed by atoms with Gasteiger partial charge < -0.3 is 23.8 Å². The molecule has 7 nitrogen and oxygen atoms in total. The summed E-state index contributed by atoms with van der Waals surface area (Å²) in [4.78, 5) is 19.7. The van der Waals surface area contributed by atoms with Crippen LogP contribution in [0.3, 0.4) is 0 Å². The van der Waals surface area contributed by atoms with E-state index in [1.165, 1.54) is 11.3 Å². The molecule has 1 atom stereocenters. The summed E-state index contributed by atoms with van der Waals surface area (Å²) in [6.45, 7) is 6.10. The first-order chi connectivity index (χ1) is 17.2. The Labute approximate surface area is 209 Å². The van der Waals surface area contributed by atoms with Crippen LogP contribution in [-0.4, -0.2) is 48.8 Å². The van der Waals surface area contributed by atoms with E-state index in [9.17, 15) is 4.79 Å². The van der Waals surface area contributed by atoms with Gasteiger partial charge in [0.15, 0.2) is 11.5 Å². The Morgan fingerprint density at radius 2 is 2.17 bits per heavy atom. The molecule has 1 unspecified atom stereocenters. The van der Waals surface area contributed by atoms with Gasteiger partial charge in [-0.25, -0.2) is 4.98 Å². The maximum absolute atomic E-state index is 13.6. The van der Waals surface area contributed by atoms with Crippen LogP contribution in [-0.2, 0) is 17.9 Å². The van der Waals surface area contributed by atoms with Crippen LogP contribution in [0, 0.1) is 0 Å². The molecule has 1 aliphatic rings. The van der Waals surface area contributed by atoms with Crippen LogP contribution in [0.25, 0.3) is 0 Å². The maximum atomic E-state index is 13.6. The van der Waals surface area contributed by atoms with Crippen molar-refractivity contribution >= 4 is 17.2 Å². The van der Waals surface area contributed by atoms with Gasteiger partial charge in [-0.15, -0.1) is 11.3 Å². The first-order valence-corrected chi connectivity index (χ1v) is 12.5. The molecule has 3 aromatic rings. The largest absolute Gasteiger partial charge is 0.493 e. The van der Waals surface area contributed by atoms with Gasteiger partial charge >= 0.3 is 0 Å². The maximum Gasteiger partial charge on any atom is 0.254 e. The SMILES string of the molecule is C=CCOc1ccc(CN(CC2CCCO2)C(=O)c2cccc(OCc3cscn3)c2)cc1OC. The van der Waals surface area contributed by atoms with Crippen molar-refractivity contribution in [2.45, 2.75) is 32.1 Å². The fourth-order valence-electron chi connectivity index (χ4n) is 3.92. The van der Waals surface area contributed by atoms with E-state index in [2.05, 4.69) is 11.6 Å². The van der Waals surface area contributed by atoms with Gasteiger partial charge in [0.25, 0.3) is 5.91 Å². The normalized spacial score (nSPS) is 14.9. The van der Waals surface area contributed by atoms with Gasteiger partial charge in [-0.1, -0.05) is 24.8 Å². The molecular formula is C27H30N2O5S. The van der Waals surface area contributed by atoms with Crippen LogP contribution in [0.2, 0.25) is 0 Å². The number of aromatic nitrogens is 1. The standard InChI is InChI=1S/C27H30N2O5S/c1-3-11-33-25-10-9-20(13-26(25)31-2)15-29(16-24-8-5-12-32-24)27(30)21-6-4-7-23(14-21)34-17-22-18-35-19-28-22/h3-4,6-7,9-10,13-14,18-19,24H,1,5,8,11-12,15-17H2,2H3. The molecule has 1 saturated heterocycles. The summed E-state index contributed by atoms with van der Waals surface area (Å²) in [5, 5.41) is 1.94. The van der Waals surface area contributed by atoms with Gasteiger partial charge in [0.1, 0.15) is 19.0 Å². The summed E-state index contributed by atoms with van der Waals surface area (Å²) in [6, 6.07) is 13.0. The molecule has 0 aliphatic carbocycles. The average molecular weight is 495 g/mol. The van der Waals surface area contributed by atoms with Crippen molar-refractivity contribution in [3.05, 3.63) is 82.8 Å². The second-order valence-electron chi connectivity index (χ2n) is 8.20. The summed E-state index contributed by atoms with van der Waals surface area (Å²) in [7, 11) is 1.60. The van der Waals surface area contributed by atoms with E-state index in [0.717, 1.165) is 30.7 Å². The number of carbonyl (C=O) groups excluding carboxylic acids is 1. The highest BCUT2D eigenvalue weighted by atomic mass is 32.1. The third kappa shape index (κ3) is 6.83. The Morgan fingerprint density at radius 1 is 1.26 bits per heavy atom. The molecule has 1 fully saturated rings. The minimum atomic E-state index is -0.0782. The highest BCUT2D eigenvalue weighted by molar-refractivity contribution is 7.07. The van der Waals surface area contributed by atoms with Crippen molar-refractivity contribution in [3.63, 3.8) is 0 Å². The fourth-order valence-corrected chi connectivity index (χ4v) is 4.46. The quantitative estimate of drug-likeness (QED) is 0.326. The van der Waals surface area contributed by atoms with Gasteiger partial charge in [0.2, 0.25) is 0 Å². The lowest BCUT2D eigenvalue weighted by Crippen LogP contribution is -2.37. The lowest BCUT2D eigenvalue weighted by Gasteiger charge is -2.26. The Hall–Kier alpha value is -3.36. The van der Waals surface area contributed by atoms with Crippen LogP contribution in [0.15, 0.2) is 66.0 Å². The molecule has 0 N–H and O–H groups in total. The van der Waals surface area contributed by atoms with Crippen LogP contribution in [0.4, 0.5) is 0 Å². The number of rotatable bonds is 12. The summed E-state index contributed by atoms with van der Waals surface area (Å²) in [5.74, 6) is 1.81. The zero-order valence-electron chi connectivity index (χ0n) is 19.9. The summed E-state index contributed by atoms with van der Waals surface area (Å²) in [6.07, 6.45) is 3.66. The smallest absolute Gasteiger partial charge is 0.254 e. The molecule has 0 radical (unpaired) electrons. The number of nitrogens with zero attached hydrogens (tertiary/aromatic N) is 2. The van der Waals surface area contributed by atoms with E-state index in [1.54, 1.807) is 24.8 Å². The second kappa shape index (κ2) is 12.4. The molecule has 1 amide bonds. The Bertz CT molecular complexity index is 1110. The number of methoxy groups -OCH3 is 1. The molecule has 8 heteroatoms. The Balaban J connectivity index is 1.51. The van der Waals surface area contributed by atoms with Crippen molar-refractivity contribution < 1.29 is 23.7 Å². The molecule has 184 valence electrons. The minimum Gasteiger partial charge on any atom is -0.493 e. The Morgan fingerprint density at radius 3 is 2.91 bits per heavy atom. The predicted molar refractivity (Wildman–Crippen MR) is 135 cm³/mol. The number of amides is 1. The lowest BCUT2D eigenvalue weighted by molar-refractivity contribution is 0.0507. The molecule has 4 rings (SSSR count). The van der Waals surface area contributed by atoms with Crippen molar-refractivity contribution in [2.24, 2.45) is 0 Å². The molecule has 1 aromatic heterocycles. The van der Waals surface area contributed by atoms with Crippen molar-refractivity contribution in [2.75, 3.05) is 26.9 Å². The van der Waals surface area contributed by atoms with Crippen LogP contribution < -0.4 is 14.2 Å². The number of thiazole rings is 1. The van der Waals surface area contributed by atoms with E-state index >= 15 is 0 Å². The van der Waals surface area contributed by atoms with Gasteiger partial charge in [-0.3, -0.25) is 4.79 Å². The second-order valence-corrected chi connectivity index (χ2v) is 8.92. The zero-order valence-corrected chi connectivity index (χ0v) is 20.7. The average Bonchev–Trinajstić information content (AvgIpc) is 3.60. The number of hydrogen-bond acceptors (Lipinski definition) is 7. The fraction of sp³-hybridized carbons (Fsp3) is 0.333. The number of carbonyl (C=O) groups is 1. The van der Waals surface area contributed by atoms with E-state index in [0.29, 0.717) is 49.1 Å². The summed E-state index contributed by atoms with van der Waals surface area (Å²) < 4.78 is 22.9. The molecular weight excluding hydrogens is 464 g/mol. The minimum absolute atomic E-state index is 0.0279. The highest BCUT2D eigenvalue weighted by Crippen LogP contribution is 2.29. The zero-order chi connectivity index (χ0) is 24.5. The molecule has 0 bridgehead atoms. The summed E-state index contributed by atoms with van der Waals surface area (Å²) >= 11 is 1.52. The van der Waals surface area contributed by atoms with Gasteiger partial charge in [-0.2, -0.15) is 0 Å². The van der Waals surface area contributed by atoms with Gasteiger partial charge in [0, 0.05) is 30.6 Å². The topological polar surface area (TPSA) is 70.1 Å². The van der Waals surface area contributed by atoms with Crippen LogP contribution in [0.1, 0.15) is 34.5 Å².